The van der Waals surface area contributed by atoms with Gasteiger partial charge in [-0.1, -0.05) is 44.2 Å². The second-order valence-corrected chi connectivity index (χ2v) is 11.3. The van der Waals surface area contributed by atoms with E-state index in [1.807, 2.05) is 18.3 Å². The third-order valence-electron chi connectivity index (χ3n) is 7.58. The summed E-state index contributed by atoms with van der Waals surface area (Å²) in [7, 11) is 0. The minimum atomic E-state index is 0.231. The summed E-state index contributed by atoms with van der Waals surface area (Å²) in [4.78, 5) is 22.5. The third-order valence-corrected chi connectivity index (χ3v) is 8.78. The van der Waals surface area contributed by atoms with Gasteiger partial charge in [0.2, 0.25) is 0 Å². The summed E-state index contributed by atoms with van der Waals surface area (Å²) in [5, 5.41) is 8.48. The quantitative estimate of drug-likeness (QED) is 0.322. The molecule has 1 unspecified atom stereocenters. The van der Waals surface area contributed by atoms with Crippen LogP contribution in [0.25, 0.3) is 65.8 Å². The highest BCUT2D eigenvalue weighted by molar-refractivity contribution is 7.17. The van der Waals surface area contributed by atoms with E-state index < -0.39 is 0 Å². The van der Waals surface area contributed by atoms with Gasteiger partial charge in [0.05, 0.1) is 32.8 Å². The Morgan fingerprint density at radius 3 is 2.54 bits per heavy atom. The number of thiophene rings is 1. The van der Waals surface area contributed by atoms with E-state index in [1.165, 1.54) is 36.7 Å². The summed E-state index contributed by atoms with van der Waals surface area (Å²) in [6, 6.07) is 13.7. The first-order valence-corrected chi connectivity index (χ1v) is 13.5. The molecule has 6 aromatic rings. The summed E-state index contributed by atoms with van der Waals surface area (Å²) < 4.78 is 2.63. The molecule has 0 radical (unpaired) electrons. The number of hydrogen-bond donors (Lipinski definition) is 2. The minimum Gasteiger partial charge on any atom is -0.344 e. The Labute approximate surface area is 216 Å². The average Bonchev–Trinajstić information content (AvgIpc) is 3.62. The van der Waals surface area contributed by atoms with Gasteiger partial charge in [0.25, 0.3) is 0 Å². The van der Waals surface area contributed by atoms with Crippen LogP contribution in [0.3, 0.4) is 0 Å². The molecule has 0 spiro atoms. The van der Waals surface area contributed by atoms with Gasteiger partial charge in [0, 0.05) is 39.2 Å². The number of aromatic nitrogens is 4. The van der Waals surface area contributed by atoms with Crippen molar-refractivity contribution in [1.82, 2.24) is 25.3 Å². The molecule has 0 amide bonds. The van der Waals surface area contributed by atoms with E-state index in [1.54, 1.807) is 12.4 Å². The van der Waals surface area contributed by atoms with Crippen LogP contribution >= 0.6 is 11.3 Å². The molecule has 7 heteroatoms. The van der Waals surface area contributed by atoms with Gasteiger partial charge >= 0.3 is 0 Å². The predicted octanol–water partition coefficient (Wildman–Crippen LogP) is 5.17. The number of H-pyrrole nitrogens is 1. The Balaban J connectivity index is 1.32. The van der Waals surface area contributed by atoms with Crippen molar-refractivity contribution in [2.75, 3.05) is 0 Å². The maximum absolute atomic E-state index is 4.95. The Bertz CT molecular complexity index is 2100. The molecule has 0 bridgehead atoms. The van der Waals surface area contributed by atoms with Crippen molar-refractivity contribution in [1.29, 1.82) is 0 Å². The van der Waals surface area contributed by atoms with Crippen LogP contribution in [0.2, 0.25) is 0 Å². The van der Waals surface area contributed by atoms with Crippen LogP contribution in [-0.2, 0) is 0 Å². The van der Waals surface area contributed by atoms with E-state index in [0.717, 1.165) is 50.9 Å². The van der Waals surface area contributed by atoms with Crippen molar-refractivity contribution in [2.24, 2.45) is 10.9 Å². The number of imidazole rings is 1. The molecule has 180 valence electrons. The molecule has 1 aliphatic heterocycles. The average molecular weight is 501 g/mol. The van der Waals surface area contributed by atoms with Crippen molar-refractivity contribution < 1.29 is 0 Å². The molecule has 1 atom stereocenters. The van der Waals surface area contributed by atoms with Gasteiger partial charge in [0.15, 0.2) is 0 Å². The van der Waals surface area contributed by atoms with Gasteiger partial charge in [-0.25, -0.2) is 4.98 Å². The molecule has 1 aliphatic carbocycles. The first-order valence-electron chi connectivity index (χ1n) is 12.7. The molecule has 2 aliphatic rings. The zero-order valence-corrected chi connectivity index (χ0v) is 21.6. The smallest absolute Gasteiger partial charge is 0.115 e. The molecule has 2 N–H and O–H groups in total. The number of nitrogens with one attached hydrogen (secondary N) is 2. The fourth-order valence-corrected chi connectivity index (χ4v) is 7.08. The van der Waals surface area contributed by atoms with Crippen molar-refractivity contribution >= 4 is 71.9 Å². The molecule has 8 rings (SSSR count). The summed E-state index contributed by atoms with van der Waals surface area (Å²) in [6.45, 7) is 6.37. The second-order valence-electron chi connectivity index (χ2n) is 10.3. The molecular formula is C30H24N6S. The number of aryl methyl sites for hydroxylation is 1. The maximum atomic E-state index is 4.95. The number of rotatable bonds is 2. The van der Waals surface area contributed by atoms with Crippen molar-refractivity contribution in [2.45, 2.75) is 33.2 Å². The normalized spacial score (nSPS) is 16.9. The lowest BCUT2D eigenvalue weighted by Gasteiger charge is -2.10. The fourth-order valence-electron chi connectivity index (χ4n) is 5.79. The molecule has 0 fully saturated rings. The molecule has 0 saturated carbocycles. The largest absolute Gasteiger partial charge is 0.344 e. The molecular weight excluding hydrogens is 476 g/mol. The SMILES string of the molecule is Cc1nc2c3ccc(-c4ccc5c6c(sc5c4)=C4NC(C(C)C)=NC4CC=6)cc3c3nccnc3c2[nH]1. The lowest BCUT2D eigenvalue weighted by atomic mass is 9.98. The molecule has 3 aromatic carbocycles. The van der Waals surface area contributed by atoms with E-state index in [9.17, 15) is 0 Å². The zero-order chi connectivity index (χ0) is 24.8. The van der Waals surface area contributed by atoms with Gasteiger partial charge in [-0.3, -0.25) is 15.0 Å². The summed E-state index contributed by atoms with van der Waals surface area (Å²) in [5.74, 6) is 2.39. The number of nitrogens with zero attached hydrogens (tertiary/aromatic N) is 4. The monoisotopic (exact) mass is 500 g/mol. The van der Waals surface area contributed by atoms with Crippen molar-refractivity contribution in [3.05, 3.63) is 64.4 Å². The van der Waals surface area contributed by atoms with Crippen LogP contribution in [0.15, 0.2) is 53.8 Å². The van der Waals surface area contributed by atoms with Crippen molar-refractivity contribution in [3.63, 3.8) is 0 Å². The molecule has 6 nitrogen and oxygen atoms in total. The Morgan fingerprint density at radius 2 is 1.70 bits per heavy atom. The van der Waals surface area contributed by atoms with Gasteiger partial charge < -0.3 is 10.3 Å². The highest BCUT2D eigenvalue weighted by Gasteiger charge is 2.27. The Hall–Kier alpha value is -4.10. The van der Waals surface area contributed by atoms with Crippen LogP contribution in [0, 0.1) is 12.8 Å². The van der Waals surface area contributed by atoms with Crippen LogP contribution in [0.5, 0.6) is 0 Å². The second kappa shape index (κ2) is 7.46. The van der Waals surface area contributed by atoms with Gasteiger partial charge in [0.1, 0.15) is 17.2 Å². The van der Waals surface area contributed by atoms with E-state index in [2.05, 4.69) is 71.6 Å². The van der Waals surface area contributed by atoms with E-state index >= 15 is 0 Å². The minimum absolute atomic E-state index is 0.231. The van der Waals surface area contributed by atoms with E-state index in [-0.39, 0.29) is 6.04 Å². The number of fused-ring (bicyclic) bond motifs is 10. The van der Waals surface area contributed by atoms with Crippen LogP contribution < -0.4 is 15.1 Å². The molecule has 4 heterocycles. The molecule has 37 heavy (non-hydrogen) atoms. The standard InChI is InChI=1S/C30H24N6S/c1-14(2)30-35-22-9-8-20-18-6-4-17(13-23(18)37-29(20)26(22)36-30)16-5-7-19-21(12-16)24-27(32-11-10-31-24)28-25(19)33-15(3)34-28/h4-8,10-14,22H,9H2,1-3H3,(H,33,34)(H,35,36). The number of amidine groups is 1. The number of benzene rings is 3. The first kappa shape index (κ1) is 21.0. The van der Waals surface area contributed by atoms with Crippen LogP contribution in [-0.4, -0.2) is 31.8 Å². The van der Waals surface area contributed by atoms with Gasteiger partial charge in [-0.15, -0.1) is 11.3 Å². The highest BCUT2D eigenvalue weighted by atomic mass is 32.1. The van der Waals surface area contributed by atoms with Crippen molar-refractivity contribution in [3.8, 4) is 11.1 Å². The highest BCUT2D eigenvalue weighted by Crippen LogP contribution is 2.35. The number of aromatic amines is 1. The van der Waals surface area contributed by atoms with E-state index in [0.29, 0.717) is 5.92 Å². The lowest BCUT2D eigenvalue weighted by Crippen LogP contribution is -2.35. The summed E-state index contributed by atoms with van der Waals surface area (Å²) >= 11 is 1.87. The molecule has 3 aromatic heterocycles. The van der Waals surface area contributed by atoms with Crippen LogP contribution in [0.4, 0.5) is 0 Å². The fraction of sp³-hybridized carbons (Fsp3) is 0.200. The maximum Gasteiger partial charge on any atom is 0.115 e. The summed E-state index contributed by atoms with van der Waals surface area (Å²) in [5.41, 5.74) is 7.29. The number of hydrogen-bond acceptors (Lipinski definition) is 6. The molecule has 0 saturated heterocycles. The summed E-state index contributed by atoms with van der Waals surface area (Å²) in [6.07, 6.45) is 6.83. The van der Waals surface area contributed by atoms with Gasteiger partial charge in [-0.05, 0) is 41.8 Å². The van der Waals surface area contributed by atoms with E-state index in [4.69, 9.17) is 15.0 Å². The topological polar surface area (TPSA) is 78.8 Å². The first-order chi connectivity index (χ1) is 18.0. The predicted molar refractivity (Wildman–Crippen MR) is 153 cm³/mol. The lowest BCUT2D eigenvalue weighted by molar-refractivity contribution is 0.847. The van der Waals surface area contributed by atoms with Crippen LogP contribution in [0.1, 0.15) is 26.1 Å². The zero-order valence-electron chi connectivity index (χ0n) is 20.8. The Kier molecular flexibility index (Phi) is 4.24. The Morgan fingerprint density at radius 1 is 0.919 bits per heavy atom. The number of aliphatic imine (C=N–C) groups is 1. The van der Waals surface area contributed by atoms with Gasteiger partial charge in [-0.2, -0.15) is 0 Å². The third kappa shape index (κ3) is 2.98.